The number of hydrogen-bond acceptors (Lipinski definition) is 4. The van der Waals surface area contributed by atoms with E-state index in [1.54, 1.807) is 14.0 Å². The van der Waals surface area contributed by atoms with Gasteiger partial charge in [-0.15, -0.1) is 0 Å². The molecule has 0 spiro atoms. The van der Waals surface area contributed by atoms with Gasteiger partial charge in [-0.2, -0.15) is 0 Å². The van der Waals surface area contributed by atoms with Crippen LogP contribution in [-0.2, 0) is 0 Å². The van der Waals surface area contributed by atoms with Crippen LogP contribution < -0.4 is 14.5 Å². The lowest BCUT2D eigenvalue weighted by molar-refractivity contribution is 0.101. The van der Waals surface area contributed by atoms with Gasteiger partial charge in [0.25, 0.3) is 0 Å². The Morgan fingerprint density at radius 1 is 0.957 bits per heavy atom. The van der Waals surface area contributed by atoms with Gasteiger partial charge in [-0.1, -0.05) is 24.3 Å². The van der Waals surface area contributed by atoms with Crippen LogP contribution in [0.15, 0.2) is 48.5 Å². The lowest BCUT2D eigenvalue weighted by Crippen LogP contribution is -2.46. The molecule has 1 saturated heterocycles. The number of benzene rings is 2. The molecule has 1 heterocycles. The van der Waals surface area contributed by atoms with E-state index in [0.717, 1.165) is 48.9 Å². The Balaban J connectivity index is 1.71. The molecule has 2 aromatic carbocycles. The van der Waals surface area contributed by atoms with Crippen molar-refractivity contribution in [3.05, 3.63) is 54.1 Å². The largest absolute Gasteiger partial charge is 0.495 e. The second kappa shape index (κ2) is 6.73. The van der Waals surface area contributed by atoms with Crippen molar-refractivity contribution in [1.29, 1.82) is 0 Å². The lowest BCUT2D eigenvalue weighted by atomic mass is 10.1. The molecule has 0 aliphatic carbocycles. The minimum Gasteiger partial charge on any atom is -0.495 e. The molecule has 0 saturated carbocycles. The number of carbonyl (C=O) groups is 1. The van der Waals surface area contributed by atoms with Gasteiger partial charge in [0.15, 0.2) is 5.78 Å². The highest BCUT2D eigenvalue weighted by atomic mass is 16.5. The van der Waals surface area contributed by atoms with Crippen LogP contribution in [0.4, 0.5) is 11.4 Å². The predicted octanol–water partition coefficient (Wildman–Crippen LogP) is 3.22. The van der Waals surface area contributed by atoms with E-state index in [1.165, 1.54) is 0 Å². The van der Waals surface area contributed by atoms with Gasteiger partial charge in [-0.05, 0) is 31.2 Å². The molecular weight excluding hydrogens is 288 g/mol. The summed E-state index contributed by atoms with van der Waals surface area (Å²) in [5.74, 6) is 1.03. The van der Waals surface area contributed by atoms with Crippen LogP contribution in [0.3, 0.4) is 0 Å². The predicted molar refractivity (Wildman–Crippen MR) is 93.9 cm³/mol. The quantitative estimate of drug-likeness (QED) is 0.812. The number of methoxy groups -OCH3 is 1. The number of ketones is 1. The van der Waals surface area contributed by atoms with E-state index in [0.29, 0.717) is 0 Å². The van der Waals surface area contributed by atoms with E-state index in [4.69, 9.17) is 4.74 Å². The molecular formula is C19H22N2O2. The van der Waals surface area contributed by atoms with Crippen molar-refractivity contribution in [2.45, 2.75) is 6.92 Å². The first-order valence-corrected chi connectivity index (χ1v) is 7.93. The number of piperazine rings is 1. The van der Waals surface area contributed by atoms with Crippen LogP contribution in [0.2, 0.25) is 0 Å². The Morgan fingerprint density at radius 3 is 2.35 bits per heavy atom. The van der Waals surface area contributed by atoms with E-state index >= 15 is 0 Å². The summed E-state index contributed by atoms with van der Waals surface area (Å²) in [6.45, 7) is 5.34. The van der Waals surface area contributed by atoms with Crippen molar-refractivity contribution in [2.75, 3.05) is 43.1 Å². The first kappa shape index (κ1) is 15.4. The third-order valence-corrected chi connectivity index (χ3v) is 4.32. The summed E-state index contributed by atoms with van der Waals surface area (Å²) in [4.78, 5) is 16.2. The van der Waals surface area contributed by atoms with Crippen LogP contribution in [0.1, 0.15) is 17.3 Å². The maximum atomic E-state index is 11.5. The fourth-order valence-corrected chi connectivity index (χ4v) is 3.02. The molecule has 120 valence electrons. The Labute approximate surface area is 137 Å². The fourth-order valence-electron chi connectivity index (χ4n) is 3.02. The highest BCUT2D eigenvalue weighted by Gasteiger charge is 2.20. The summed E-state index contributed by atoms with van der Waals surface area (Å²) in [6, 6.07) is 16.0. The van der Waals surface area contributed by atoms with Gasteiger partial charge < -0.3 is 14.5 Å². The van der Waals surface area contributed by atoms with Gasteiger partial charge in [0, 0.05) is 37.4 Å². The van der Waals surface area contributed by atoms with Gasteiger partial charge in [0.1, 0.15) is 5.75 Å². The van der Waals surface area contributed by atoms with Crippen molar-refractivity contribution in [2.24, 2.45) is 0 Å². The number of carbonyl (C=O) groups excluding carboxylic acids is 1. The number of Topliss-reactive ketones (excluding diaryl/α,β-unsaturated/α-hetero) is 1. The van der Waals surface area contributed by atoms with Crippen molar-refractivity contribution in [3.63, 3.8) is 0 Å². The summed E-state index contributed by atoms with van der Waals surface area (Å²) in [6.07, 6.45) is 0. The Kier molecular flexibility index (Phi) is 4.51. The molecule has 3 rings (SSSR count). The molecule has 4 nitrogen and oxygen atoms in total. The average molecular weight is 310 g/mol. The summed E-state index contributed by atoms with van der Waals surface area (Å²) in [5.41, 5.74) is 3.04. The highest BCUT2D eigenvalue weighted by molar-refractivity contribution is 5.95. The molecule has 0 bridgehead atoms. The zero-order valence-electron chi connectivity index (χ0n) is 13.7. The molecule has 4 heteroatoms. The van der Waals surface area contributed by atoms with Crippen molar-refractivity contribution in [1.82, 2.24) is 0 Å². The maximum Gasteiger partial charge on any atom is 0.159 e. The first-order chi connectivity index (χ1) is 11.2. The van der Waals surface area contributed by atoms with Gasteiger partial charge in [0.2, 0.25) is 0 Å². The summed E-state index contributed by atoms with van der Waals surface area (Å²) >= 11 is 0. The monoisotopic (exact) mass is 310 g/mol. The zero-order valence-corrected chi connectivity index (χ0v) is 13.7. The molecule has 2 aromatic rings. The van der Waals surface area contributed by atoms with E-state index in [1.807, 2.05) is 36.4 Å². The Morgan fingerprint density at radius 2 is 1.65 bits per heavy atom. The van der Waals surface area contributed by atoms with Crippen molar-refractivity contribution in [3.8, 4) is 5.75 Å². The molecule has 0 amide bonds. The third-order valence-electron chi connectivity index (χ3n) is 4.32. The normalized spacial score (nSPS) is 14.7. The maximum absolute atomic E-state index is 11.5. The Bertz CT molecular complexity index is 691. The minimum absolute atomic E-state index is 0.111. The molecule has 1 aliphatic rings. The van der Waals surface area contributed by atoms with E-state index < -0.39 is 0 Å². The number of nitrogens with zero attached hydrogens (tertiary/aromatic N) is 2. The SMILES string of the molecule is COc1ccccc1N1CCN(c2cccc(C(C)=O)c2)CC1. The topological polar surface area (TPSA) is 32.8 Å². The van der Waals surface area contributed by atoms with Gasteiger partial charge >= 0.3 is 0 Å². The summed E-state index contributed by atoms with van der Waals surface area (Å²) in [5, 5.41) is 0. The Hall–Kier alpha value is -2.49. The first-order valence-electron chi connectivity index (χ1n) is 7.93. The molecule has 0 radical (unpaired) electrons. The minimum atomic E-state index is 0.111. The average Bonchev–Trinajstić information content (AvgIpc) is 2.62. The number of hydrogen-bond donors (Lipinski definition) is 0. The third kappa shape index (κ3) is 3.31. The molecule has 0 unspecified atom stereocenters. The standard InChI is InChI=1S/C19H22N2O2/c1-15(22)16-6-5-7-17(14-16)20-10-12-21(13-11-20)18-8-3-4-9-19(18)23-2/h3-9,14H,10-13H2,1-2H3. The summed E-state index contributed by atoms with van der Waals surface area (Å²) in [7, 11) is 1.71. The molecule has 0 aromatic heterocycles. The van der Waals surface area contributed by atoms with Gasteiger partial charge in [-0.3, -0.25) is 4.79 Å². The number of rotatable bonds is 4. The van der Waals surface area contributed by atoms with Crippen LogP contribution in [0.25, 0.3) is 0 Å². The second-order valence-corrected chi connectivity index (χ2v) is 5.75. The number of ether oxygens (including phenoxy) is 1. The van der Waals surface area contributed by atoms with Gasteiger partial charge in [-0.25, -0.2) is 0 Å². The number of para-hydroxylation sites is 2. The van der Waals surface area contributed by atoms with Crippen LogP contribution in [0.5, 0.6) is 5.75 Å². The molecule has 0 atom stereocenters. The fraction of sp³-hybridized carbons (Fsp3) is 0.316. The van der Waals surface area contributed by atoms with Crippen LogP contribution in [0, 0.1) is 0 Å². The lowest BCUT2D eigenvalue weighted by Gasteiger charge is -2.38. The summed E-state index contributed by atoms with van der Waals surface area (Å²) < 4.78 is 5.46. The van der Waals surface area contributed by atoms with E-state index in [-0.39, 0.29) is 5.78 Å². The molecule has 23 heavy (non-hydrogen) atoms. The smallest absolute Gasteiger partial charge is 0.159 e. The van der Waals surface area contributed by atoms with Crippen LogP contribution >= 0.6 is 0 Å². The zero-order chi connectivity index (χ0) is 16.2. The number of anilines is 2. The molecule has 1 aliphatic heterocycles. The van der Waals surface area contributed by atoms with E-state index in [9.17, 15) is 4.79 Å². The second-order valence-electron chi connectivity index (χ2n) is 5.75. The van der Waals surface area contributed by atoms with E-state index in [2.05, 4.69) is 21.9 Å². The van der Waals surface area contributed by atoms with Crippen molar-refractivity contribution >= 4 is 17.2 Å². The van der Waals surface area contributed by atoms with Crippen LogP contribution in [-0.4, -0.2) is 39.1 Å². The molecule has 0 N–H and O–H groups in total. The van der Waals surface area contributed by atoms with Gasteiger partial charge in [0.05, 0.1) is 12.8 Å². The molecule has 1 fully saturated rings. The van der Waals surface area contributed by atoms with Crippen molar-refractivity contribution < 1.29 is 9.53 Å². The highest BCUT2D eigenvalue weighted by Crippen LogP contribution is 2.29.